The van der Waals surface area contributed by atoms with E-state index in [0.29, 0.717) is 19.3 Å². The van der Waals surface area contributed by atoms with E-state index in [4.69, 9.17) is 14.5 Å². The van der Waals surface area contributed by atoms with Crippen LogP contribution in [0.3, 0.4) is 0 Å². The Bertz CT molecular complexity index is 643. The van der Waals surface area contributed by atoms with Crippen LogP contribution in [0, 0.1) is 0 Å². The highest BCUT2D eigenvalue weighted by molar-refractivity contribution is 5.85. The molecular formula is C23H30N2O2. The third kappa shape index (κ3) is 6.49. The van der Waals surface area contributed by atoms with Crippen LogP contribution in [0.25, 0.3) is 0 Å². The number of aliphatic imine (C=N–C) groups is 1. The molecule has 0 bridgehead atoms. The van der Waals surface area contributed by atoms with Gasteiger partial charge < -0.3 is 14.8 Å². The summed E-state index contributed by atoms with van der Waals surface area (Å²) >= 11 is 0. The molecular weight excluding hydrogens is 336 g/mol. The molecule has 0 saturated carbocycles. The number of nitrogens with zero attached hydrogens (tertiary/aromatic N) is 1. The van der Waals surface area contributed by atoms with E-state index in [1.807, 2.05) is 42.5 Å². The Labute approximate surface area is 162 Å². The van der Waals surface area contributed by atoms with Crippen molar-refractivity contribution in [1.29, 1.82) is 0 Å². The lowest BCUT2D eigenvalue weighted by Crippen LogP contribution is -2.32. The Kier molecular flexibility index (Phi) is 7.87. The van der Waals surface area contributed by atoms with Crippen molar-refractivity contribution in [1.82, 2.24) is 5.32 Å². The first-order valence-electron chi connectivity index (χ1n) is 9.90. The van der Waals surface area contributed by atoms with E-state index in [2.05, 4.69) is 36.5 Å². The van der Waals surface area contributed by atoms with Crippen LogP contribution < -0.4 is 5.32 Å². The standard InChI is InChI=1S/C17H24N2O2.C6H6/c1-13-17(14-7-3-2-4-8-14)19-16(18-13)12-20-11-15-9-5-6-10-21-15;1-2-4-6-5-3-1/h2-4,7-8,13,15,17H,5-6,9-12H2,1H3,(H,18,19);1-6H/t13?,15?,17-;/m0./s1. The third-order valence-corrected chi connectivity index (χ3v) is 4.79. The van der Waals surface area contributed by atoms with Crippen LogP contribution in [-0.4, -0.2) is 37.8 Å². The van der Waals surface area contributed by atoms with Crippen LogP contribution in [0.4, 0.5) is 0 Å². The molecule has 1 fully saturated rings. The highest BCUT2D eigenvalue weighted by atomic mass is 16.5. The van der Waals surface area contributed by atoms with E-state index in [9.17, 15) is 0 Å². The molecule has 2 aromatic carbocycles. The Balaban J connectivity index is 0.000000299. The van der Waals surface area contributed by atoms with Gasteiger partial charge in [0.15, 0.2) is 0 Å². The fourth-order valence-corrected chi connectivity index (χ4v) is 3.36. The van der Waals surface area contributed by atoms with Gasteiger partial charge in [0.05, 0.1) is 24.8 Å². The quantitative estimate of drug-likeness (QED) is 0.853. The molecule has 2 heterocycles. The molecule has 0 radical (unpaired) electrons. The Hall–Kier alpha value is -2.17. The summed E-state index contributed by atoms with van der Waals surface area (Å²) in [5.41, 5.74) is 1.25. The topological polar surface area (TPSA) is 42.8 Å². The number of hydrogen-bond donors (Lipinski definition) is 1. The molecule has 2 aliphatic heterocycles. The second-order valence-corrected chi connectivity index (χ2v) is 7.02. The van der Waals surface area contributed by atoms with Gasteiger partial charge in [-0.3, -0.25) is 4.99 Å². The van der Waals surface area contributed by atoms with Crippen molar-refractivity contribution >= 4 is 5.84 Å². The normalized spacial score (nSPS) is 24.3. The van der Waals surface area contributed by atoms with Crippen LogP contribution in [0.5, 0.6) is 0 Å². The fraction of sp³-hybridized carbons (Fsp3) is 0.435. The Morgan fingerprint density at radius 1 is 1.00 bits per heavy atom. The zero-order valence-electron chi connectivity index (χ0n) is 16.1. The first kappa shape index (κ1) is 19.6. The van der Waals surface area contributed by atoms with Crippen molar-refractivity contribution in [2.75, 3.05) is 19.8 Å². The van der Waals surface area contributed by atoms with Gasteiger partial charge >= 0.3 is 0 Å². The molecule has 27 heavy (non-hydrogen) atoms. The van der Waals surface area contributed by atoms with Gasteiger partial charge in [0.25, 0.3) is 0 Å². The zero-order valence-corrected chi connectivity index (χ0v) is 16.1. The SMILES string of the molecule is CC1NC(COCC2CCCCO2)=N[C@@H]1c1ccccc1.c1ccccc1. The van der Waals surface area contributed by atoms with Crippen LogP contribution >= 0.6 is 0 Å². The maximum absolute atomic E-state index is 5.77. The summed E-state index contributed by atoms with van der Waals surface area (Å²) in [6.45, 7) is 4.26. The average Bonchev–Trinajstić information content (AvgIpc) is 3.12. The van der Waals surface area contributed by atoms with Gasteiger partial charge in [0, 0.05) is 6.61 Å². The van der Waals surface area contributed by atoms with Crippen LogP contribution in [0.1, 0.15) is 37.8 Å². The zero-order chi connectivity index (χ0) is 18.7. The monoisotopic (exact) mass is 366 g/mol. The summed E-state index contributed by atoms with van der Waals surface area (Å²) < 4.78 is 11.4. The molecule has 0 aromatic heterocycles. The second-order valence-electron chi connectivity index (χ2n) is 7.02. The maximum Gasteiger partial charge on any atom is 0.124 e. The van der Waals surface area contributed by atoms with Gasteiger partial charge in [-0.2, -0.15) is 0 Å². The van der Waals surface area contributed by atoms with Crippen molar-refractivity contribution in [2.24, 2.45) is 4.99 Å². The molecule has 144 valence electrons. The molecule has 4 rings (SSSR count). The number of amidine groups is 1. The summed E-state index contributed by atoms with van der Waals surface area (Å²) in [6.07, 6.45) is 3.81. The minimum Gasteiger partial charge on any atom is -0.376 e. The van der Waals surface area contributed by atoms with Crippen molar-refractivity contribution in [3.8, 4) is 0 Å². The fourth-order valence-electron chi connectivity index (χ4n) is 3.36. The van der Waals surface area contributed by atoms with Crippen molar-refractivity contribution in [2.45, 2.75) is 44.4 Å². The number of rotatable bonds is 5. The predicted octanol–water partition coefficient (Wildman–Crippen LogP) is 4.39. The summed E-state index contributed by atoms with van der Waals surface area (Å²) in [4.78, 5) is 4.76. The molecule has 4 heteroatoms. The molecule has 2 aliphatic rings. The number of ether oxygens (including phenoxy) is 2. The highest BCUT2D eigenvalue weighted by Gasteiger charge is 2.26. The summed E-state index contributed by atoms with van der Waals surface area (Å²) in [5.74, 6) is 0.951. The maximum atomic E-state index is 5.77. The van der Waals surface area contributed by atoms with Crippen molar-refractivity contribution in [3.63, 3.8) is 0 Å². The summed E-state index contributed by atoms with van der Waals surface area (Å²) in [6, 6.07) is 22.9. The van der Waals surface area contributed by atoms with Crippen LogP contribution in [-0.2, 0) is 9.47 Å². The van der Waals surface area contributed by atoms with E-state index >= 15 is 0 Å². The number of hydrogen-bond acceptors (Lipinski definition) is 4. The Morgan fingerprint density at radius 3 is 2.30 bits per heavy atom. The molecule has 2 aromatic rings. The van der Waals surface area contributed by atoms with Gasteiger partial charge in [-0.1, -0.05) is 66.7 Å². The van der Waals surface area contributed by atoms with Gasteiger partial charge in [0.2, 0.25) is 0 Å². The van der Waals surface area contributed by atoms with E-state index < -0.39 is 0 Å². The molecule has 4 nitrogen and oxygen atoms in total. The van der Waals surface area contributed by atoms with Crippen molar-refractivity contribution in [3.05, 3.63) is 72.3 Å². The van der Waals surface area contributed by atoms with Gasteiger partial charge in [-0.05, 0) is 31.7 Å². The molecule has 1 saturated heterocycles. The molecule has 1 N–H and O–H groups in total. The highest BCUT2D eigenvalue weighted by Crippen LogP contribution is 2.25. The van der Waals surface area contributed by atoms with E-state index in [0.717, 1.165) is 18.9 Å². The van der Waals surface area contributed by atoms with Crippen molar-refractivity contribution < 1.29 is 9.47 Å². The van der Waals surface area contributed by atoms with E-state index in [-0.39, 0.29) is 12.1 Å². The molecule has 0 spiro atoms. The molecule has 2 unspecified atom stereocenters. The average molecular weight is 367 g/mol. The predicted molar refractivity (Wildman–Crippen MR) is 110 cm³/mol. The van der Waals surface area contributed by atoms with E-state index in [1.165, 1.54) is 18.4 Å². The van der Waals surface area contributed by atoms with Gasteiger partial charge in [0.1, 0.15) is 12.4 Å². The first-order valence-corrected chi connectivity index (χ1v) is 9.90. The lowest BCUT2D eigenvalue weighted by atomic mass is 10.0. The minimum absolute atomic E-state index is 0.190. The van der Waals surface area contributed by atoms with Gasteiger partial charge in [-0.25, -0.2) is 0 Å². The smallest absolute Gasteiger partial charge is 0.124 e. The second kappa shape index (κ2) is 10.9. The Morgan fingerprint density at radius 2 is 1.67 bits per heavy atom. The largest absolute Gasteiger partial charge is 0.376 e. The first-order chi connectivity index (χ1) is 13.3. The third-order valence-electron chi connectivity index (χ3n) is 4.79. The molecule has 3 atom stereocenters. The number of benzene rings is 2. The molecule has 0 amide bonds. The summed E-state index contributed by atoms with van der Waals surface area (Å²) in [5, 5.41) is 3.42. The number of nitrogens with one attached hydrogen (secondary N) is 1. The van der Waals surface area contributed by atoms with Crippen LogP contribution in [0.15, 0.2) is 71.7 Å². The minimum atomic E-state index is 0.190. The van der Waals surface area contributed by atoms with E-state index in [1.54, 1.807) is 0 Å². The lowest BCUT2D eigenvalue weighted by Gasteiger charge is -2.22. The molecule has 0 aliphatic carbocycles. The summed E-state index contributed by atoms with van der Waals surface area (Å²) in [7, 11) is 0. The lowest BCUT2D eigenvalue weighted by molar-refractivity contribution is -0.0338. The van der Waals surface area contributed by atoms with Gasteiger partial charge in [-0.15, -0.1) is 0 Å². The van der Waals surface area contributed by atoms with Crippen LogP contribution in [0.2, 0.25) is 0 Å².